The zero-order valence-corrected chi connectivity index (χ0v) is 19.5. The number of rotatable bonds is 7. The summed E-state index contributed by atoms with van der Waals surface area (Å²) in [4.78, 5) is 17.6. The van der Waals surface area contributed by atoms with Gasteiger partial charge in [-0.3, -0.25) is 9.52 Å². The van der Waals surface area contributed by atoms with Gasteiger partial charge in [-0.15, -0.1) is 11.3 Å². The molecule has 0 radical (unpaired) electrons. The van der Waals surface area contributed by atoms with Crippen molar-refractivity contribution < 1.29 is 17.9 Å². The van der Waals surface area contributed by atoms with Crippen molar-refractivity contribution in [2.24, 2.45) is 0 Å². The molecule has 0 atom stereocenters. The Labute approximate surface area is 196 Å². The molecule has 1 amide bonds. The second kappa shape index (κ2) is 9.43. The fourth-order valence-electron chi connectivity index (χ4n) is 3.12. The first kappa shape index (κ1) is 22.5. The molecule has 7 nitrogen and oxygen atoms in total. The van der Waals surface area contributed by atoms with Crippen LogP contribution in [0.5, 0.6) is 5.75 Å². The Bertz CT molecular complexity index is 1380. The van der Waals surface area contributed by atoms with E-state index in [1.165, 1.54) is 30.7 Å². The molecule has 33 heavy (non-hydrogen) atoms. The Balaban J connectivity index is 1.53. The van der Waals surface area contributed by atoms with Crippen molar-refractivity contribution >= 4 is 38.6 Å². The molecule has 0 fully saturated rings. The molecule has 9 heteroatoms. The van der Waals surface area contributed by atoms with Crippen molar-refractivity contribution in [1.82, 2.24) is 4.98 Å². The predicted octanol–water partition coefficient (Wildman–Crippen LogP) is 5.18. The molecule has 168 valence electrons. The summed E-state index contributed by atoms with van der Waals surface area (Å²) < 4.78 is 33.6. The van der Waals surface area contributed by atoms with Crippen LogP contribution in [0, 0.1) is 6.92 Å². The van der Waals surface area contributed by atoms with Crippen molar-refractivity contribution in [1.29, 1.82) is 0 Å². The number of hydrogen-bond donors (Lipinski definition) is 2. The first-order valence-electron chi connectivity index (χ1n) is 9.96. The summed E-state index contributed by atoms with van der Waals surface area (Å²) in [5.74, 6) is 0.266. The zero-order chi connectivity index (χ0) is 23.4. The number of hydrogen-bond acceptors (Lipinski definition) is 6. The van der Waals surface area contributed by atoms with Crippen molar-refractivity contribution in [3.8, 4) is 16.3 Å². The topological polar surface area (TPSA) is 97.4 Å². The SMILES string of the molecule is COc1ccc(NS(=O)(=O)c2cc(NC(=O)c3cnc(-c4ccccc4)s3)ccc2C)cc1. The van der Waals surface area contributed by atoms with Crippen molar-refractivity contribution in [2.45, 2.75) is 11.8 Å². The Kier molecular flexibility index (Phi) is 6.43. The van der Waals surface area contributed by atoms with E-state index in [0.717, 1.165) is 10.6 Å². The lowest BCUT2D eigenvalue weighted by atomic mass is 10.2. The molecule has 1 aromatic heterocycles. The van der Waals surface area contributed by atoms with Gasteiger partial charge < -0.3 is 10.1 Å². The number of aromatic nitrogens is 1. The number of nitrogens with zero attached hydrogens (tertiary/aromatic N) is 1. The smallest absolute Gasteiger partial charge is 0.267 e. The molecule has 0 saturated heterocycles. The summed E-state index contributed by atoms with van der Waals surface area (Å²) >= 11 is 1.27. The van der Waals surface area contributed by atoms with Crippen LogP contribution in [-0.2, 0) is 10.0 Å². The molecule has 4 aromatic rings. The predicted molar refractivity (Wildman–Crippen MR) is 130 cm³/mol. The van der Waals surface area contributed by atoms with E-state index in [9.17, 15) is 13.2 Å². The van der Waals surface area contributed by atoms with Crippen LogP contribution in [0.15, 0.2) is 83.9 Å². The molecule has 3 aromatic carbocycles. The number of nitrogens with one attached hydrogen (secondary N) is 2. The Morgan fingerprint density at radius 3 is 2.36 bits per heavy atom. The van der Waals surface area contributed by atoms with Gasteiger partial charge in [0.1, 0.15) is 15.6 Å². The second-order valence-corrected chi connectivity index (χ2v) is 9.85. The van der Waals surface area contributed by atoms with Crippen molar-refractivity contribution in [3.05, 3.63) is 89.4 Å². The number of ether oxygens (including phenoxy) is 1. The first-order chi connectivity index (χ1) is 15.9. The molecular formula is C24H21N3O4S2. The third-order valence-electron chi connectivity index (χ3n) is 4.83. The molecular weight excluding hydrogens is 458 g/mol. The number of anilines is 2. The lowest BCUT2D eigenvalue weighted by Gasteiger charge is -2.13. The summed E-state index contributed by atoms with van der Waals surface area (Å²) in [7, 11) is -2.33. The number of amides is 1. The molecule has 0 saturated carbocycles. The summed E-state index contributed by atoms with van der Waals surface area (Å²) in [5, 5.41) is 3.50. The molecule has 0 unspecified atom stereocenters. The molecule has 2 N–H and O–H groups in total. The summed E-state index contributed by atoms with van der Waals surface area (Å²) in [5.41, 5.74) is 2.26. The fraction of sp³-hybridized carbons (Fsp3) is 0.0833. The van der Waals surface area contributed by atoms with Gasteiger partial charge in [-0.1, -0.05) is 36.4 Å². The third-order valence-corrected chi connectivity index (χ3v) is 7.40. The highest BCUT2D eigenvalue weighted by molar-refractivity contribution is 7.92. The fourth-order valence-corrected chi connectivity index (χ4v) is 5.27. The lowest BCUT2D eigenvalue weighted by molar-refractivity contribution is 0.103. The maximum Gasteiger partial charge on any atom is 0.267 e. The van der Waals surface area contributed by atoms with Gasteiger partial charge in [-0.2, -0.15) is 0 Å². The average Bonchev–Trinajstić information content (AvgIpc) is 3.32. The number of benzene rings is 3. The van der Waals surface area contributed by atoms with E-state index >= 15 is 0 Å². The van der Waals surface area contributed by atoms with Crippen LogP contribution >= 0.6 is 11.3 Å². The number of methoxy groups -OCH3 is 1. The van der Waals surface area contributed by atoms with Gasteiger partial charge in [0, 0.05) is 16.9 Å². The maximum absolute atomic E-state index is 13.0. The van der Waals surface area contributed by atoms with Crippen molar-refractivity contribution in [3.63, 3.8) is 0 Å². The highest BCUT2D eigenvalue weighted by atomic mass is 32.2. The van der Waals surface area contributed by atoms with Crippen LogP contribution in [0.3, 0.4) is 0 Å². The molecule has 0 bridgehead atoms. The van der Waals surface area contributed by atoms with E-state index in [-0.39, 0.29) is 10.8 Å². The number of aryl methyl sites for hydroxylation is 1. The number of carbonyl (C=O) groups is 1. The summed E-state index contributed by atoms with van der Waals surface area (Å²) in [6.45, 7) is 1.70. The van der Waals surface area contributed by atoms with Gasteiger partial charge in [0.15, 0.2) is 0 Å². The summed E-state index contributed by atoms with van der Waals surface area (Å²) in [6, 6.07) is 20.9. The number of carbonyl (C=O) groups excluding carboxylic acids is 1. The first-order valence-corrected chi connectivity index (χ1v) is 12.3. The lowest BCUT2D eigenvalue weighted by Crippen LogP contribution is -2.16. The van der Waals surface area contributed by atoms with E-state index in [0.29, 0.717) is 27.6 Å². The van der Waals surface area contributed by atoms with E-state index in [1.807, 2.05) is 30.3 Å². The maximum atomic E-state index is 13.0. The molecule has 1 heterocycles. The highest BCUT2D eigenvalue weighted by Gasteiger charge is 2.19. The van der Waals surface area contributed by atoms with Gasteiger partial charge in [0.2, 0.25) is 0 Å². The van der Waals surface area contributed by atoms with E-state index in [4.69, 9.17) is 4.74 Å². The second-order valence-electron chi connectivity index (χ2n) is 7.16. The minimum atomic E-state index is -3.87. The molecule has 0 aliphatic heterocycles. The van der Waals surface area contributed by atoms with Crippen LogP contribution < -0.4 is 14.8 Å². The zero-order valence-electron chi connectivity index (χ0n) is 17.9. The molecule has 4 rings (SSSR count). The van der Waals surface area contributed by atoms with E-state index in [1.54, 1.807) is 43.3 Å². The summed E-state index contributed by atoms with van der Waals surface area (Å²) in [6.07, 6.45) is 1.51. The van der Waals surface area contributed by atoms with Gasteiger partial charge in [0.05, 0.1) is 18.2 Å². The Morgan fingerprint density at radius 1 is 0.970 bits per heavy atom. The van der Waals surface area contributed by atoms with E-state index in [2.05, 4.69) is 15.0 Å². The molecule has 0 aliphatic rings. The molecule has 0 aliphatic carbocycles. The standard InChI is InChI=1S/C24H21N3O4S2/c1-16-8-9-19(14-22(16)33(29,30)27-18-10-12-20(31-2)13-11-18)26-23(28)21-15-25-24(32-21)17-6-4-3-5-7-17/h3-15,27H,1-2H3,(H,26,28). The van der Waals surface area contributed by atoms with Crippen molar-refractivity contribution in [2.75, 3.05) is 17.1 Å². The van der Waals surface area contributed by atoms with Crippen LogP contribution in [0.1, 0.15) is 15.2 Å². The van der Waals surface area contributed by atoms with Gasteiger partial charge >= 0.3 is 0 Å². The third kappa shape index (κ3) is 5.21. The Morgan fingerprint density at radius 2 is 1.67 bits per heavy atom. The minimum absolute atomic E-state index is 0.0744. The highest BCUT2D eigenvalue weighted by Crippen LogP contribution is 2.27. The van der Waals surface area contributed by atoms with E-state index < -0.39 is 10.0 Å². The largest absolute Gasteiger partial charge is 0.497 e. The normalized spacial score (nSPS) is 11.1. The monoisotopic (exact) mass is 479 g/mol. The van der Waals surface area contributed by atoms with Crippen LogP contribution in [0.2, 0.25) is 0 Å². The average molecular weight is 480 g/mol. The minimum Gasteiger partial charge on any atom is -0.497 e. The number of thiazole rings is 1. The Hall–Kier alpha value is -3.69. The van der Waals surface area contributed by atoms with Crippen LogP contribution in [0.4, 0.5) is 11.4 Å². The van der Waals surface area contributed by atoms with Gasteiger partial charge in [0.25, 0.3) is 15.9 Å². The molecule has 0 spiro atoms. The van der Waals surface area contributed by atoms with Crippen LogP contribution in [-0.4, -0.2) is 26.4 Å². The number of sulfonamides is 1. The van der Waals surface area contributed by atoms with Gasteiger partial charge in [-0.05, 0) is 48.9 Å². The van der Waals surface area contributed by atoms with Crippen LogP contribution in [0.25, 0.3) is 10.6 Å². The van der Waals surface area contributed by atoms with Gasteiger partial charge in [-0.25, -0.2) is 13.4 Å². The quantitative estimate of drug-likeness (QED) is 0.381.